The molecule has 1 aromatic heterocycles. The average Bonchev–Trinajstić information content (AvgIpc) is 3.06. The summed E-state index contributed by atoms with van der Waals surface area (Å²) in [4.78, 5) is 28.7. The minimum atomic E-state index is -0.0852. The highest BCUT2D eigenvalue weighted by atomic mass is 32.1. The predicted molar refractivity (Wildman–Crippen MR) is 116 cm³/mol. The molecule has 2 aromatic carbocycles. The first-order valence-electron chi connectivity index (χ1n) is 9.81. The molecule has 6 heteroatoms. The number of thiazole rings is 1. The van der Waals surface area contributed by atoms with Crippen LogP contribution in [0.3, 0.4) is 0 Å². The summed E-state index contributed by atoms with van der Waals surface area (Å²) < 4.78 is 0. The minimum absolute atomic E-state index is 0.0388. The van der Waals surface area contributed by atoms with Crippen molar-refractivity contribution < 1.29 is 9.59 Å². The summed E-state index contributed by atoms with van der Waals surface area (Å²) in [6.07, 6.45) is 2.90. The highest BCUT2D eigenvalue weighted by Crippen LogP contribution is 2.24. The molecule has 2 N–H and O–H groups in total. The summed E-state index contributed by atoms with van der Waals surface area (Å²) >= 11 is 1.65. The van der Waals surface area contributed by atoms with E-state index in [0.717, 1.165) is 46.8 Å². The number of nitrogens with one attached hydrogen (secondary N) is 2. The molecule has 4 rings (SSSR count). The van der Waals surface area contributed by atoms with E-state index in [-0.39, 0.29) is 11.8 Å². The lowest BCUT2D eigenvalue weighted by Gasteiger charge is -2.10. The quantitative estimate of drug-likeness (QED) is 0.662. The van der Waals surface area contributed by atoms with Crippen molar-refractivity contribution in [2.75, 3.05) is 11.9 Å². The molecule has 29 heavy (non-hydrogen) atoms. The van der Waals surface area contributed by atoms with Gasteiger partial charge in [0, 0.05) is 35.2 Å². The molecule has 0 aliphatic carbocycles. The number of hydrogen-bond donors (Lipinski definition) is 2. The van der Waals surface area contributed by atoms with Gasteiger partial charge in [0.05, 0.1) is 10.7 Å². The van der Waals surface area contributed by atoms with Gasteiger partial charge in [0.25, 0.3) is 5.91 Å². The van der Waals surface area contributed by atoms with Crippen LogP contribution < -0.4 is 10.6 Å². The van der Waals surface area contributed by atoms with Crippen molar-refractivity contribution in [3.8, 4) is 11.3 Å². The highest BCUT2D eigenvalue weighted by Gasteiger charge is 2.15. The van der Waals surface area contributed by atoms with Crippen molar-refractivity contribution in [1.82, 2.24) is 10.3 Å². The van der Waals surface area contributed by atoms with Crippen LogP contribution in [0.15, 0.2) is 47.8 Å². The fourth-order valence-corrected chi connectivity index (χ4v) is 4.10. The van der Waals surface area contributed by atoms with E-state index in [1.807, 2.05) is 19.1 Å². The zero-order valence-electron chi connectivity index (χ0n) is 16.3. The maximum Gasteiger partial charge on any atom is 0.251 e. The second kappa shape index (κ2) is 8.57. The summed E-state index contributed by atoms with van der Waals surface area (Å²) in [5, 5.41) is 9.02. The van der Waals surface area contributed by atoms with Crippen LogP contribution in [0.25, 0.3) is 11.3 Å². The first-order valence-corrected chi connectivity index (χ1v) is 10.7. The van der Waals surface area contributed by atoms with E-state index in [4.69, 9.17) is 0 Å². The van der Waals surface area contributed by atoms with E-state index < -0.39 is 0 Å². The third-order valence-electron chi connectivity index (χ3n) is 5.06. The molecular formula is C23H23N3O2S. The smallest absolute Gasteiger partial charge is 0.251 e. The first-order chi connectivity index (χ1) is 14.1. The van der Waals surface area contributed by atoms with Gasteiger partial charge < -0.3 is 10.6 Å². The minimum Gasteiger partial charge on any atom is -0.352 e. The lowest BCUT2D eigenvalue weighted by Crippen LogP contribution is -2.25. The molecule has 0 spiro atoms. The Hall–Kier alpha value is -2.99. The number of aromatic nitrogens is 1. The van der Waals surface area contributed by atoms with Crippen molar-refractivity contribution in [2.24, 2.45) is 0 Å². The number of hydrogen-bond acceptors (Lipinski definition) is 4. The molecule has 0 bridgehead atoms. The van der Waals surface area contributed by atoms with E-state index in [1.165, 1.54) is 5.56 Å². The topological polar surface area (TPSA) is 71.1 Å². The molecule has 0 atom stereocenters. The van der Waals surface area contributed by atoms with Gasteiger partial charge in [-0.1, -0.05) is 24.3 Å². The molecular weight excluding hydrogens is 382 g/mol. The monoisotopic (exact) mass is 405 g/mol. The fourth-order valence-electron chi connectivity index (χ4n) is 3.48. The number of rotatable bonds is 5. The standard InChI is InChI=1S/C23H23N3O2S/c1-15-25-21(14-29-15)17-7-5-16(6-8-17)11-12-24-23(28)19-9-10-20-18(13-19)3-2-4-22(27)26-20/h5-10,13-14H,2-4,11-12H2,1H3,(H,24,28)(H,26,27). The van der Waals surface area contributed by atoms with Crippen LogP contribution in [0.1, 0.15) is 39.3 Å². The molecule has 2 heterocycles. The van der Waals surface area contributed by atoms with Gasteiger partial charge in [0.1, 0.15) is 0 Å². The number of benzene rings is 2. The second-order valence-corrected chi connectivity index (χ2v) is 8.29. The number of anilines is 1. The zero-order chi connectivity index (χ0) is 20.2. The van der Waals surface area contributed by atoms with Crippen LogP contribution >= 0.6 is 11.3 Å². The third-order valence-corrected chi connectivity index (χ3v) is 5.83. The number of aryl methyl sites for hydroxylation is 2. The van der Waals surface area contributed by atoms with Crippen LogP contribution in [0, 0.1) is 6.92 Å². The Morgan fingerprint density at radius 3 is 2.76 bits per heavy atom. The van der Waals surface area contributed by atoms with Crippen molar-refractivity contribution in [3.05, 3.63) is 69.5 Å². The van der Waals surface area contributed by atoms with Gasteiger partial charge >= 0.3 is 0 Å². The number of fused-ring (bicyclic) bond motifs is 1. The Kier molecular flexibility index (Phi) is 5.71. The Morgan fingerprint density at radius 1 is 1.17 bits per heavy atom. The molecule has 0 unspecified atom stereocenters. The van der Waals surface area contributed by atoms with Gasteiger partial charge in [0.2, 0.25) is 5.91 Å². The molecule has 0 radical (unpaired) electrons. The van der Waals surface area contributed by atoms with Crippen molar-refractivity contribution >= 4 is 28.8 Å². The molecule has 5 nitrogen and oxygen atoms in total. The lowest BCUT2D eigenvalue weighted by atomic mass is 10.0. The molecule has 3 aromatic rings. The van der Waals surface area contributed by atoms with Crippen LogP contribution in [0.4, 0.5) is 5.69 Å². The number of amides is 2. The number of carbonyl (C=O) groups excluding carboxylic acids is 2. The first kappa shape index (κ1) is 19.3. The zero-order valence-corrected chi connectivity index (χ0v) is 17.1. The highest BCUT2D eigenvalue weighted by molar-refractivity contribution is 7.09. The predicted octanol–water partition coefficient (Wildman–Crippen LogP) is 4.37. The van der Waals surface area contributed by atoms with E-state index in [2.05, 4.69) is 45.3 Å². The maximum atomic E-state index is 12.5. The fraction of sp³-hybridized carbons (Fsp3) is 0.261. The Balaban J connectivity index is 1.33. The average molecular weight is 406 g/mol. The summed E-state index contributed by atoms with van der Waals surface area (Å²) in [7, 11) is 0. The van der Waals surface area contributed by atoms with Gasteiger partial charge in [-0.15, -0.1) is 11.3 Å². The van der Waals surface area contributed by atoms with Gasteiger partial charge in [0.15, 0.2) is 0 Å². The van der Waals surface area contributed by atoms with Crippen LogP contribution in [0.2, 0.25) is 0 Å². The van der Waals surface area contributed by atoms with Crippen molar-refractivity contribution in [3.63, 3.8) is 0 Å². The summed E-state index contributed by atoms with van der Waals surface area (Å²) in [6.45, 7) is 2.58. The van der Waals surface area contributed by atoms with Crippen LogP contribution in [0.5, 0.6) is 0 Å². The lowest BCUT2D eigenvalue weighted by molar-refractivity contribution is -0.116. The molecule has 1 aliphatic heterocycles. The summed E-state index contributed by atoms with van der Waals surface area (Å²) in [5.74, 6) is -0.0465. The normalized spacial score (nSPS) is 13.3. The van der Waals surface area contributed by atoms with Crippen LogP contribution in [-0.4, -0.2) is 23.3 Å². The molecule has 0 saturated heterocycles. The van der Waals surface area contributed by atoms with Crippen molar-refractivity contribution in [1.29, 1.82) is 0 Å². The maximum absolute atomic E-state index is 12.5. The molecule has 148 valence electrons. The van der Waals surface area contributed by atoms with Crippen LogP contribution in [-0.2, 0) is 17.6 Å². The Labute approximate surface area is 174 Å². The number of nitrogens with zero attached hydrogens (tertiary/aromatic N) is 1. The molecule has 0 fully saturated rings. The number of carbonyl (C=O) groups is 2. The summed E-state index contributed by atoms with van der Waals surface area (Å²) in [6, 6.07) is 13.8. The van der Waals surface area contributed by atoms with E-state index in [9.17, 15) is 9.59 Å². The van der Waals surface area contributed by atoms with E-state index >= 15 is 0 Å². The Bertz CT molecular complexity index is 1040. The molecule has 2 amide bonds. The van der Waals surface area contributed by atoms with E-state index in [1.54, 1.807) is 17.4 Å². The molecule has 0 saturated carbocycles. The van der Waals surface area contributed by atoms with Gasteiger partial charge in [-0.05, 0) is 55.5 Å². The van der Waals surface area contributed by atoms with Crippen molar-refractivity contribution in [2.45, 2.75) is 32.6 Å². The second-order valence-electron chi connectivity index (χ2n) is 7.23. The largest absolute Gasteiger partial charge is 0.352 e. The van der Waals surface area contributed by atoms with E-state index in [0.29, 0.717) is 18.5 Å². The summed E-state index contributed by atoms with van der Waals surface area (Å²) in [5.41, 5.74) is 5.77. The van der Waals surface area contributed by atoms with Gasteiger partial charge in [-0.2, -0.15) is 0 Å². The SMILES string of the molecule is Cc1nc(-c2ccc(CCNC(=O)c3ccc4c(c3)CCCC(=O)N4)cc2)cs1. The molecule has 1 aliphatic rings. The third kappa shape index (κ3) is 4.71. The van der Waals surface area contributed by atoms with Gasteiger partial charge in [-0.3, -0.25) is 9.59 Å². The van der Waals surface area contributed by atoms with Gasteiger partial charge in [-0.25, -0.2) is 4.98 Å². The Morgan fingerprint density at radius 2 is 2.00 bits per heavy atom.